The van der Waals surface area contributed by atoms with Crippen LogP contribution in [0.3, 0.4) is 0 Å². The van der Waals surface area contributed by atoms with Crippen LogP contribution in [-0.4, -0.2) is 23.6 Å². The molecule has 1 heterocycles. The van der Waals surface area contributed by atoms with Gasteiger partial charge in [0.1, 0.15) is 6.04 Å². The third kappa shape index (κ3) is 3.15. The summed E-state index contributed by atoms with van der Waals surface area (Å²) >= 11 is 1.66. The molecule has 2 N–H and O–H groups in total. The van der Waals surface area contributed by atoms with Crippen molar-refractivity contribution < 1.29 is 4.79 Å². The van der Waals surface area contributed by atoms with E-state index in [4.69, 9.17) is 0 Å². The van der Waals surface area contributed by atoms with Gasteiger partial charge in [-0.05, 0) is 22.9 Å². The average Bonchev–Trinajstić information content (AvgIpc) is 2.74. The Balaban J connectivity index is 1.93. The van der Waals surface area contributed by atoms with Crippen molar-refractivity contribution in [1.82, 2.24) is 10.6 Å². The predicted octanol–water partition coefficient (Wildman–Crippen LogP) is 3.76. The zero-order valence-electron chi connectivity index (χ0n) is 15.1. The first-order valence-electron chi connectivity index (χ1n) is 9.03. The van der Waals surface area contributed by atoms with Gasteiger partial charge in [-0.3, -0.25) is 10.1 Å². The monoisotopic (exact) mass is 374 g/mol. The van der Waals surface area contributed by atoms with Crippen LogP contribution < -0.4 is 10.6 Å². The van der Waals surface area contributed by atoms with Crippen molar-refractivity contribution in [3.8, 4) is 0 Å². The molecule has 0 saturated carbocycles. The highest BCUT2D eigenvalue weighted by Gasteiger charge is 2.46. The number of hydrogen-bond donors (Lipinski definition) is 2. The molecule has 4 rings (SSSR count). The molecule has 0 aliphatic carbocycles. The van der Waals surface area contributed by atoms with E-state index in [0.717, 1.165) is 16.7 Å². The first-order valence-corrected chi connectivity index (χ1v) is 10.3. The number of β-lactam (4-membered cyclic amide) rings is 1. The molecule has 2 atom stereocenters. The quantitative estimate of drug-likeness (QED) is 0.510. The molecule has 0 unspecified atom stereocenters. The number of carbonyl (C=O) groups is 1. The first-order chi connectivity index (χ1) is 13.3. The molecule has 4 heteroatoms. The summed E-state index contributed by atoms with van der Waals surface area (Å²) in [7, 11) is 0. The minimum Gasteiger partial charge on any atom is -0.341 e. The molecule has 1 fully saturated rings. The third-order valence-corrected chi connectivity index (χ3v) is 6.01. The van der Waals surface area contributed by atoms with Gasteiger partial charge in [0.2, 0.25) is 5.91 Å². The van der Waals surface area contributed by atoms with Crippen molar-refractivity contribution in [3.05, 3.63) is 108 Å². The van der Waals surface area contributed by atoms with Crippen LogP contribution in [-0.2, 0) is 10.3 Å². The molecule has 0 bridgehead atoms. The van der Waals surface area contributed by atoms with E-state index in [9.17, 15) is 4.79 Å². The maximum absolute atomic E-state index is 12.4. The fraction of sp³-hybridized carbons (Fsp3) is 0.174. The molecule has 136 valence electrons. The number of hydrogen-bond acceptors (Lipinski definition) is 3. The highest BCUT2D eigenvalue weighted by Crippen LogP contribution is 2.38. The second-order valence-electron chi connectivity index (χ2n) is 6.63. The van der Waals surface area contributed by atoms with Gasteiger partial charge in [0.25, 0.3) is 0 Å². The topological polar surface area (TPSA) is 41.1 Å². The second kappa shape index (κ2) is 7.59. The summed E-state index contributed by atoms with van der Waals surface area (Å²) in [6.45, 7) is 0. The standard InChI is InChI=1S/C23H22N2OS/c1-27-22-20(21(26)24-22)25-23(17-11-5-2-6-12-17,18-13-7-3-8-14-18)19-15-9-4-10-16-19/h2-16,20,22,25H,1H3,(H,24,26)/t20-,22-/m1/s1. The molecule has 3 nitrogen and oxygen atoms in total. The normalized spacial score (nSPS) is 19.2. The van der Waals surface area contributed by atoms with Crippen LogP contribution in [0.15, 0.2) is 91.0 Å². The molecule has 27 heavy (non-hydrogen) atoms. The Morgan fingerprint density at radius 2 is 1.19 bits per heavy atom. The zero-order valence-corrected chi connectivity index (χ0v) is 15.9. The molecular formula is C23H22N2OS. The van der Waals surface area contributed by atoms with Crippen molar-refractivity contribution in [2.75, 3.05) is 6.26 Å². The lowest BCUT2D eigenvalue weighted by atomic mass is 9.76. The number of thioether (sulfide) groups is 1. The van der Waals surface area contributed by atoms with Crippen molar-refractivity contribution in [3.63, 3.8) is 0 Å². The Kier molecular flexibility index (Phi) is 5.01. The van der Waals surface area contributed by atoms with E-state index in [0.29, 0.717) is 0 Å². The summed E-state index contributed by atoms with van der Waals surface area (Å²) in [5.41, 5.74) is 2.73. The van der Waals surface area contributed by atoms with Gasteiger partial charge >= 0.3 is 0 Å². The molecule has 1 saturated heterocycles. The molecule has 1 amide bonds. The van der Waals surface area contributed by atoms with Crippen LogP contribution in [0.1, 0.15) is 16.7 Å². The minimum atomic E-state index is -0.611. The summed E-state index contributed by atoms with van der Waals surface area (Å²) in [5, 5.41) is 6.78. The molecule has 3 aromatic rings. The largest absolute Gasteiger partial charge is 0.341 e. The highest BCUT2D eigenvalue weighted by molar-refractivity contribution is 7.99. The second-order valence-corrected chi connectivity index (χ2v) is 7.61. The smallest absolute Gasteiger partial charge is 0.241 e. The summed E-state index contributed by atoms with van der Waals surface area (Å²) in [5.74, 6) is 0.0431. The van der Waals surface area contributed by atoms with Crippen molar-refractivity contribution in [2.24, 2.45) is 0 Å². The van der Waals surface area contributed by atoms with Crippen molar-refractivity contribution >= 4 is 17.7 Å². The predicted molar refractivity (Wildman–Crippen MR) is 112 cm³/mol. The lowest BCUT2D eigenvalue weighted by Crippen LogP contribution is -2.70. The van der Waals surface area contributed by atoms with E-state index in [-0.39, 0.29) is 17.3 Å². The molecule has 3 aromatic carbocycles. The van der Waals surface area contributed by atoms with Gasteiger partial charge in [0.05, 0.1) is 10.9 Å². The SMILES string of the molecule is CS[C@H]1NC(=O)[C@H]1NC(c1ccccc1)(c1ccccc1)c1ccccc1. The van der Waals surface area contributed by atoms with Crippen LogP contribution >= 0.6 is 11.8 Å². The molecule has 1 aliphatic rings. The van der Waals surface area contributed by atoms with E-state index in [1.807, 2.05) is 60.9 Å². The third-order valence-electron chi connectivity index (χ3n) is 5.12. The lowest BCUT2D eigenvalue weighted by molar-refractivity contribution is -0.129. The number of nitrogens with one attached hydrogen (secondary N) is 2. The van der Waals surface area contributed by atoms with Gasteiger partial charge in [0, 0.05) is 0 Å². The van der Waals surface area contributed by atoms with Gasteiger partial charge in [-0.25, -0.2) is 0 Å². The summed E-state index contributed by atoms with van der Waals surface area (Å²) in [4.78, 5) is 12.4. The highest BCUT2D eigenvalue weighted by atomic mass is 32.2. The summed E-state index contributed by atoms with van der Waals surface area (Å²) < 4.78 is 0. The van der Waals surface area contributed by atoms with Crippen LogP contribution in [0.5, 0.6) is 0 Å². The minimum absolute atomic E-state index is 0.0431. The lowest BCUT2D eigenvalue weighted by Gasteiger charge is -2.45. The number of amides is 1. The molecule has 0 spiro atoms. The van der Waals surface area contributed by atoms with Crippen molar-refractivity contribution in [1.29, 1.82) is 0 Å². The van der Waals surface area contributed by atoms with Gasteiger partial charge < -0.3 is 5.32 Å². The van der Waals surface area contributed by atoms with Gasteiger partial charge in [-0.1, -0.05) is 91.0 Å². The van der Waals surface area contributed by atoms with Gasteiger partial charge in [-0.15, -0.1) is 11.8 Å². The fourth-order valence-corrected chi connectivity index (χ4v) is 4.44. The van der Waals surface area contributed by atoms with Gasteiger partial charge in [-0.2, -0.15) is 0 Å². The van der Waals surface area contributed by atoms with Crippen LogP contribution in [0.2, 0.25) is 0 Å². The Bertz CT molecular complexity index is 803. The summed E-state index contributed by atoms with van der Waals surface area (Å²) in [6.07, 6.45) is 2.02. The number of carbonyl (C=O) groups excluding carboxylic acids is 1. The Labute approximate surface area is 164 Å². The maximum Gasteiger partial charge on any atom is 0.241 e. The molecule has 0 aromatic heterocycles. The van der Waals surface area contributed by atoms with E-state index in [1.165, 1.54) is 0 Å². The zero-order chi connectivity index (χ0) is 18.7. The van der Waals surface area contributed by atoms with E-state index in [1.54, 1.807) is 11.8 Å². The molecule has 0 radical (unpaired) electrons. The van der Waals surface area contributed by atoms with E-state index in [2.05, 4.69) is 47.0 Å². The average molecular weight is 375 g/mol. The Morgan fingerprint density at radius 1 is 0.778 bits per heavy atom. The number of benzene rings is 3. The first kappa shape index (κ1) is 17.8. The summed E-state index contributed by atoms with van der Waals surface area (Å²) in [6, 6.07) is 30.8. The fourth-order valence-electron chi connectivity index (χ4n) is 3.74. The molecular weight excluding hydrogens is 352 g/mol. The maximum atomic E-state index is 12.4. The van der Waals surface area contributed by atoms with Crippen LogP contribution in [0.25, 0.3) is 0 Å². The number of rotatable bonds is 6. The van der Waals surface area contributed by atoms with Crippen LogP contribution in [0.4, 0.5) is 0 Å². The Morgan fingerprint density at radius 3 is 1.52 bits per heavy atom. The Hall–Kier alpha value is -2.56. The van der Waals surface area contributed by atoms with E-state index >= 15 is 0 Å². The van der Waals surface area contributed by atoms with Crippen LogP contribution in [0, 0.1) is 0 Å². The van der Waals surface area contributed by atoms with Gasteiger partial charge in [0.15, 0.2) is 0 Å². The van der Waals surface area contributed by atoms with Crippen molar-refractivity contribution in [2.45, 2.75) is 17.0 Å². The van der Waals surface area contributed by atoms with E-state index < -0.39 is 5.54 Å². The molecule has 1 aliphatic heterocycles.